The Balaban J connectivity index is 1.68. The van der Waals surface area contributed by atoms with Crippen LogP contribution in [0.5, 0.6) is 0 Å². The third kappa shape index (κ3) is 4.59. The Bertz CT molecular complexity index is 663. The summed E-state index contributed by atoms with van der Waals surface area (Å²) in [5, 5.41) is 11.9. The number of hydrogen-bond acceptors (Lipinski definition) is 3. The largest absolute Gasteiger partial charge is 0.480 e. The van der Waals surface area contributed by atoms with Gasteiger partial charge in [0, 0.05) is 23.2 Å². The number of carbonyl (C=O) groups is 3. The van der Waals surface area contributed by atoms with Crippen molar-refractivity contribution in [2.45, 2.75) is 51.0 Å². The van der Waals surface area contributed by atoms with Crippen LogP contribution in [-0.2, 0) is 9.59 Å². The minimum absolute atomic E-state index is 0.00823. The van der Waals surface area contributed by atoms with Gasteiger partial charge in [-0.2, -0.15) is 0 Å². The van der Waals surface area contributed by atoms with Gasteiger partial charge < -0.3 is 15.3 Å². The molecule has 2 fully saturated rings. The second kappa shape index (κ2) is 7.68. The topological polar surface area (TPSA) is 86.7 Å². The van der Waals surface area contributed by atoms with Crippen molar-refractivity contribution in [2.24, 2.45) is 5.92 Å². The normalized spacial score (nSPS) is 17.8. The third-order valence-corrected chi connectivity index (χ3v) is 4.91. The molecule has 3 rings (SSSR count). The molecule has 0 spiro atoms. The minimum atomic E-state index is -1.01. The molecule has 1 aromatic rings. The zero-order valence-electron chi connectivity index (χ0n) is 14.2. The van der Waals surface area contributed by atoms with Crippen molar-refractivity contribution in [3.8, 4) is 0 Å². The number of carboxylic acid groups (broad SMARTS) is 1. The van der Waals surface area contributed by atoms with Gasteiger partial charge in [0.2, 0.25) is 5.91 Å². The smallest absolute Gasteiger partial charge is 0.323 e. The Morgan fingerprint density at radius 1 is 1.08 bits per heavy atom. The Labute approximate surface area is 147 Å². The van der Waals surface area contributed by atoms with E-state index in [1.165, 1.54) is 11.3 Å². The fourth-order valence-electron chi connectivity index (χ4n) is 3.40. The Hall–Kier alpha value is -2.37. The molecule has 25 heavy (non-hydrogen) atoms. The maximum Gasteiger partial charge on any atom is 0.323 e. The van der Waals surface area contributed by atoms with Gasteiger partial charge in [0.05, 0.1) is 0 Å². The van der Waals surface area contributed by atoms with E-state index in [4.69, 9.17) is 5.11 Å². The standard InChI is InChI=1S/C19H24N2O4/c22-17(23)12-21(16-9-10-16)19(25)14-7-4-8-15(11-14)20-18(24)13-5-2-1-3-6-13/h4,7-8,11,13,16H,1-3,5-6,9-10,12H2,(H,20,24)(H,22,23). The molecule has 0 aromatic heterocycles. The number of carboxylic acids is 1. The van der Waals surface area contributed by atoms with Gasteiger partial charge in [-0.3, -0.25) is 14.4 Å². The summed E-state index contributed by atoms with van der Waals surface area (Å²) in [4.78, 5) is 37.4. The Morgan fingerprint density at radius 3 is 2.44 bits per heavy atom. The fraction of sp³-hybridized carbons (Fsp3) is 0.526. The second-order valence-electron chi connectivity index (χ2n) is 6.96. The van der Waals surface area contributed by atoms with Crippen LogP contribution in [-0.4, -0.2) is 40.4 Å². The zero-order chi connectivity index (χ0) is 17.8. The number of rotatable bonds is 6. The van der Waals surface area contributed by atoms with Crippen molar-refractivity contribution in [2.75, 3.05) is 11.9 Å². The molecule has 0 radical (unpaired) electrons. The van der Waals surface area contributed by atoms with E-state index in [1.54, 1.807) is 24.3 Å². The number of aliphatic carboxylic acids is 1. The molecule has 0 bridgehead atoms. The van der Waals surface area contributed by atoms with E-state index < -0.39 is 5.97 Å². The van der Waals surface area contributed by atoms with Crippen molar-refractivity contribution in [3.05, 3.63) is 29.8 Å². The van der Waals surface area contributed by atoms with E-state index in [0.29, 0.717) is 11.3 Å². The lowest BCUT2D eigenvalue weighted by Gasteiger charge is -2.22. The van der Waals surface area contributed by atoms with Crippen molar-refractivity contribution in [3.63, 3.8) is 0 Å². The van der Waals surface area contributed by atoms with Crippen LogP contribution >= 0.6 is 0 Å². The average molecular weight is 344 g/mol. The molecule has 6 heteroatoms. The van der Waals surface area contributed by atoms with Crippen molar-refractivity contribution in [1.82, 2.24) is 4.90 Å². The van der Waals surface area contributed by atoms with Gasteiger partial charge in [-0.15, -0.1) is 0 Å². The van der Waals surface area contributed by atoms with E-state index in [1.807, 2.05) is 0 Å². The van der Waals surface area contributed by atoms with Crippen LogP contribution in [0.3, 0.4) is 0 Å². The van der Waals surface area contributed by atoms with Gasteiger partial charge in [0.25, 0.3) is 5.91 Å². The van der Waals surface area contributed by atoms with E-state index in [0.717, 1.165) is 38.5 Å². The number of amides is 2. The summed E-state index contributed by atoms with van der Waals surface area (Å²) in [6.45, 7) is -0.290. The molecule has 2 amide bonds. The summed E-state index contributed by atoms with van der Waals surface area (Å²) in [6, 6.07) is 6.80. The molecule has 2 saturated carbocycles. The van der Waals surface area contributed by atoms with Gasteiger partial charge in [-0.05, 0) is 43.9 Å². The monoisotopic (exact) mass is 344 g/mol. The molecule has 0 aliphatic heterocycles. The van der Waals surface area contributed by atoms with Crippen LogP contribution in [0.15, 0.2) is 24.3 Å². The number of hydrogen-bond donors (Lipinski definition) is 2. The predicted octanol–water partition coefficient (Wildman–Crippen LogP) is 2.89. The highest BCUT2D eigenvalue weighted by molar-refractivity contribution is 5.99. The first-order valence-corrected chi connectivity index (χ1v) is 8.98. The molecule has 0 heterocycles. The lowest BCUT2D eigenvalue weighted by molar-refractivity contribution is -0.137. The number of nitrogens with zero attached hydrogens (tertiary/aromatic N) is 1. The summed E-state index contributed by atoms with van der Waals surface area (Å²) in [5.41, 5.74) is 1.00. The predicted molar refractivity (Wildman–Crippen MR) is 93.3 cm³/mol. The number of carbonyl (C=O) groups excluding carboxylic acids is 2. The second-order valence-corrected chi connectivity index (χ2v) is 6.96. The zero-order valence-corrected chi connectivity index (χ0v) is 14.2. The van der Waals surface area contributed by atoms with E-state index >= 15 is 0 Å². The Kier molecular flexibility index (Phi) is 5.36. The summed E-state index contributed by atoms with van der Waals surface area (Å²) < 4.78 is 0. The van der Waals surface area contributed by atoms with Gasteiger partial charge in [0.1, 0.15) is 6.54 Å². The quantitative estimate of drug-likeness (QED) is 0.831. The molecular formula is C19H24N2O4. The molecule has 134 valence electrons. The van der Waals surface area contributed by atoms with Gasteiger partial charge in [0.15, 0.2) is 0 Å². The molecule has 2 N–H and O–H groups in total. The first kappa shape index (κ1) is 17.5. The van der Waals surface area contributed by atoms with E-state index in [-0.39, 0.29) is 30.3 Å². The Morgan fingerprint density at radius 2 is 1.80 bits per heavy atom. The molecule has 2 aliphatic carbocycles. The highest BCUT2D eigenvalue weighted by Crippen LogP contribution is 2.29. The van der Waals surface area contributed by atoms with Gasteiger partial charge >= 0.3 is 5.97 Å². The summed E-state index contributed by atoms with van der Waals surface area (Å²) in [5.74, 6) is -1.25. The lowest BCUT2D eigenvalue weighted by Crippen LogP contribution is -2.37. The van der Waals surface area contributed by atoms with Crippen LogP contribution in [0.2, 0.25) is 0 Å². The average Bonchev–Trinajstić information content (AvgIpc) is 3.45. The summed E-state index contributed by atoms with van der Waals surface area (Å²) in [7, 11) is 0. The minimum Gasteiger partial charge on any atom is -0.480 e. The van der Waals surface area contributed by atoms with Crippen LogP contribution in [0.1, 0.15) is 55.3 Å². The molecular weight excluding hydrogens is 320 g/mol. The van der Waals surface area contributed by atoms with Gasteiger partial charge in [-0.25, -0.2) is 0 Å². The van der Waals surface area contributed by atoms with Crippen molar-refractivity contribution < 1.29 is 19.5 Å². The fourth-order valence-corrected chi connectivity index (χ4v) is 3.40. The highest BCUT2D eigenvalue weighted by atomic mass is 16.4. The lowest BCUT2D eigenvalue weighted by atomic mass is 9.88. The van der Waals surface area contributed by atoms with E-state index in [9.17, 15) is 14.4 Å². The van der Waals surface area contributed by atoms with Crippen molar-refractivity contribution >= 4 is 23.5 Å². The van der Waals surface area contributed by atoms with Gasteiger partial charge in [-0.1, -0.05) is 25.3 Å². The third-order valence-electron chi connectivity index (χ3n) is 4.91. The number of anilines is 1. The first-order valence-electron chi connectivity index (χ1n) is 8.98. The SMILES string of the molecule is O=C(O)CN(C(=O)c1cccc(NC(=O)C2CCCCC2)c1)C1CC1. The first-order chi connectivity index (χ1) is 12.0. The molecule has 1 aromatic carbocycles. The molecule has 2 aliphatic rings. The molecule has 6 nitrogen and oxygen atoms in total. The van der Waals surface area contributed by atoms with Crippen LogP contribution in [0.25, 0.3) is 0 Å². The molecule has 0 unspecified atom stereocenters. The van der Waals surface area contributed by atoms with E-state index in [2.05, 4.69) is 5.32 Å². The van der Waals surface area contributed by atoms with Crippen LogP contribution in [0.4, 0.5) is 5.69 Å². The maximum atomic E-state index is 12.7. The summed E-state index contributed by atoms with van der Waals surface area (Å²) in [6.07, 6.45) is 6.88. The highest BCUT2D eigenvalue weighted by Gasteiger charge is 2.34. The maximum absolute atomic E-state index is 12.7. The van der Waals surface area contributed by atoms with Crippen molar-refractivity contribution in [1.29, 1.82) is 0 Å². The summed E-state index contributed by atoms with van der Waals surface area (Å²) >= 11 is 0. The number of nitrogens with one attached hydrogen (secondary N) is 1. The molecule has 0 atom stereocenters. The van der Waals surface area contributed by atoms with Crippen LogP contribution in [0, 0.1) is 5.92 Å². The van der Waals surface area contributed by atoms with Crippen LogP contribution < -0.4 is 5.32 Å². The number of benzene rings is 1. The molecule has 0 saturated heterocycles.